The van der Waals surface area contributed by atoms with E-state index in [0.717, 1.165) is 5.56 Å². The number of hydrogen-bond donors (Lipinski definition) is 0. The molecule has 0 bridgehead atoms. The Morgan fingerprint density at radius 3 is 2.32 bits per heavy atom. The van der Waals surface area contributed by atoms with Crippen molar-refractivity contribution in [3.63, 3.8) is 0 Å². The summed E-state index contributed by atoms with van der Waals surface area (Å²) in [5, 5.41) is 0. The third-order valence-electron chi connectivity index (χ3n) is 3.04. The summed E-state index contributed by atoms with van der Waals surface area (Å²) in [5.74, 6) is -0.289. The summed E-state index contributed by atoms with van der Waals surface area (Å²) >= 11 is 0. The van der Waals surface area contributed by atoms with Gasteiger partial charge in [-0.15, -0.1) is 0 Å². The van der Waals surface area contributed by atoms with Gasteiger partial charge in [0.15, 0.2) is 0 Å². The van der Waals surface area contributed by atoms with E-state index in [4.69, 9.17) is 9.47 Å². The minimum atomic E-state index is -0.497. The summed E-state index contributed by atoms with van der Waals surface area (Å²) in [5.41, 5.74) is 1.31. The van der Waals surface area contributed by atoms with Gasteiger partial charge in [-0.05, 0) is 18.6 Å². The van der Waals surface area contributed by atoms with Crippen LogP contribution in [0.25, 0.3) is 6.08 Å². The van der Waals surface area contributed by atoms with Gasteiger partial charge in [-0.2, -0.15) is 0 Å². The van der Waals surface area contributed by atoms with Crippen LogP contribution in [0, 0.1) is 5.41 Å². The van der Waals surface area contributed by atoms with Gasteiger partial charge in [0.05, 0.1) is 11.7 Å². The van der Waals surface area contributed by atoms with E-state index in [2.05, 4.69) is 0 Å². The Hall–Kier alpha value is -1.61. The SMILES string of the molecule is CC1OC(C(C)(C)C)OC(=O)/C1=C/c1ccccc1. The zero-order valence-corrected chi connectivity index (χ0v) is 11.8. The molecule has 3 nitrogen and oxygen atoms in total. The predicted molar refractivity (Wildman–Crippen MR) is 74.3 cm³/mol. The second-order valence-corrected chi connectivity index (χ2v) is 5.89. The minimum Gasteiger partial charge on any atom is -0.432 e. The Balaban J connectivity index is 2.22. The molecule has 1 aromatic carbocycles. The molecule has 1 aliphatic rings. The average molecular weight is 260 g/mol. The fraction of sp³-hybridized carbons (Fsp3) is 0.438. The second-order valence-electron chi connectivity index (χ2n) is 5.89. The first-order valence-electron chi connectivity index (χ1n) is 6.51. The quantitative estimate of drug-likeness (QED) is 0.573. The van der Waals surface area contributed by atoms with Crippen LogP contribution in [0.15, 0.2) is 35.9 Å². The number of cyclic esters (lactones) is 1. The lowest BCUT2D eigenvalue weighted by Gasteiger charge is -2.36. The predicted octanol–water partition coefficient (Wildman–Crippen LogP) is 3.40. The molecular formula is C16H20O3. The molecule has 2 atom stereocenters. The molecule has 3 heteroatoms. The Morgan fingerprint density at radius 1 is 1.16 bits per heavy atom. The molecule has 1 aromatic rings. The largest absolute Gasteiger partial charge is 0.432 e. The van der Waals surface area contributed by atoms with Crippen LogP contribution in [-0.2, 0) is 14.3 Å². The summed E-state index contributed by atoms with van der Waals surface area (Å²) in [4.78, 5) is 12.1. The molecule has 0 aromatic heterocycles. The fourth-order valence-electron chi connectivity index (χ4n) is 1.90. The van der Waals surface area contributed by atoms with Crippen molar-refractivity contribution in [2.24, 2.45) is 5.41 Å². The van der Waals surface area contributed by atoms with Crippen molar-refractivity contribution in [3.8, 4) is 0 Å². The summed E-state index contributed by atoms with van der Waals surface area (Å²) in [6, 6.07) is 9.70. The van der Waals surface area contributed by atoms with Crippen molar-refractivity contribution in [1.29, 1.82) is 0 Å². The molecule has 1 heterocycles. The molecule has 1 aliphatic heterocycles. The lowest BCUT2D eigenvalue weighted by molar-refractivity contribution is -0.225. The standard InChI is InChI=1S/C16H20O3/c1-11-13(10-12-8-6-5-7-9-12)14(17)19-15(18-11)16(2,3)4/h5-11,15H,1-4H3/b13-10+. The molecule has 0 N–H and O–H groups in total. The first-order valence-corrected chi connectivity index (χ1v) is 6.51. The van der Waals surface area contributed by atoms with Gasteiger partial charge in [-0.3, -0.25) is 0 Å². The summed E-state index contributed by atoms with van der Waals surface area (Å²) < 4.78 is 11.2. The van der Waals surface area contributed by atoms with Crippen LogP contribution < -0.4 is 0 Å². The molecule has 0 saturated carbocycles. The van der Waals surface area contributed by atoms with Crippen molar-refractivity contribution in [2.45, 2.75) is 40.1 Å². The van der Waals surface area contributed by atoms with Gasteiger partial charge in [0.2, 0.25) is 6.29 Å². The third-order valence-corrected chi connectivity index (χ3v) is 3.04. The van der Waals surface area contributed by atoms with Gasteiger partial charge in [-0.1, -0.05) is 51.1 Å². The molecule has 0 radical (unpaired) electrons. The van der Waals surface area contributed by atoms with Crippen molar-refractivity contribution in [2.75, 3.05) is 0 Å². The molecule has 0 spiro atoms. The molecule has 1 saturated heterocycles. The van der Waals surface area contributed by atoms with Crippen LogP contribution in [-0.4, -0.2) is 18.4 Å². The molecule has 2 unspecified atom stereocenters. The zero-order chi connectivity index (χ0) is 14.0. The first kappa shape index (κ1) is 13.8. The van der Waals surface area contributed by atoms with Crippen LogP contribution in [0.5, 0.6) is 0 Å². The fourth-order valence-corrected chi connectivity index (χ4v) is 1.90. The molecule has 102 valence electrons. The van der Waals surface area contributed by atoms with Crippen molar-refractivity contribution in [1.82, 2.24) is 0 Å². The van der Waals surface area contributed by atoms with Gasteiger partial charge < -0.3 is 9.47 Å². The van der Waals surface area contributed by atoms with Crippen LogP contribution in [0.3, 0.4) is 0 Å². The average Bonchev–Trinajstić information content (AvgIpc) is 2.33. The minimum absolute atomic E-state index is 0.220. The Morgan fingerprint density at radius 2 is 1.79 bits per heavy atom. The highest BCUT2D eigenvalue weighted by molar-refractivity contribution is 5.95. The normalized spacial score (nSPS) is 26.3. The van der Waals surface area contributed by atoms with Crippen LogP contribution in [0.2, 0.25) is 0 Å². The van der Waals surface area contributed by atoms with E-state index >= 15 is 0 Å². The highest BCUT2D eigenvalue weighted by Gasteiger charge is 2.38. The number of carbonyl (C=O) groups is 1. The van der Waals surface area contributed by atoms with Gasteiger partial charge >= 0.3 is 5.97 Å². The van der Waals surface area contributed by atoms with Crippen molar-refractivity contribution < 1.29 is 14.3 Å². The molecule has 19 heavy (non-hydrogen) atoms. The number of rotatable bonds is 1. The summed E-state index contributed by atoms with van der Waals surface area (Å²) in [7, 11) is 0. The topological polar surface area (TPSA) is 35.5 Å². The molecule has 1 fully saturated rings. The number of esters is 1. The number of hydrogen-bond acceptors (Lipinski definition) is 3. The maximum absolute atomic E-state index is 12.1. The summed E-state index contributed by atoms with van der Waals surface area (Å²) in [6.07, 6.45) is 1.07. The van der Waals surface area contributed by atoms with E-state index in [-0.39, 0.29) is 17.5 Å². The Labute approximate surface area is 114 Å². The van der Waals surface area contributed by atoms with Gasteiger partial charge in [0, 0.05) is 5.41 Å². The Kier molecular flexibility index (Phi) is 3.76. The number of carbonyl (C=O) groups excluding carboxylic acids is 1. The molecule has 0 aliphatic carbocycles. The maximum Gasteiger partial charge on any atom is 0.339 e. The molecule has 2 rings (SSSR count). The van der Waals surface area contributed by atoms with Gasteiger partial charge in [0.25, 0.3) is 0 Å². The van der Waals surface area contributed by atoms with Gasteiger partial charge in [-0.25, -0.2) is 4.79 Å². The summed E-state index contributed by atoms with van der Waals surface area (Å²) in [6.45, 7) is 7.85. The van der Waals surface area contributed by atoms with E-state index in [9.17, 15) is 4.79 Å². The maximum atomic E-state index is 12.1. The number of benzene rings is 1. The molecule has 0 amide bonds. The van der Waals surface area contributed by atoms with Crippen molar-refractivity contribution >= 4 is 12.0 Å². The van der Waals surface area contributed by atoms with E-state index in [1.54, 1.807) is 0 Å². The smallest absolute Gasteiger partial charge is 0.339 e. The monoisotopic (exact) mass is 260 g/mol. The Bertz CT molecular complexity index is 482. The van der Waals surface area contributed by atoms with E-state index < -0.39 is 6.29 Å². The zero-order valence-electron chi connectivity index (χ0n) is 11.8. The van der Waals surface area contributed by atoms with Crippen LogP contribution in [0.4, 0.5) is 0 Å². The highest BCUT2D eigenvalue weighted by Crippen LogP contribution is 2.31. The van der Waals surface area contributed by atoms with Gasteiger partial charge in [0.1, 0.15) is 0 Å². The molecular weight excluding hydrogens is 240 g/mol. The highest BCUT2D eigenvalue weighted by atomic mass is 16.7. The second kappa shape index (κ2) is 5.17. The van der Waals surface area contributed by atoms with Crippen molar-refractivity contribution in [3.05, 3.63) is 41.5 Å². The lowest BCUT2D eigenvalue weighted by Crippen LogP contribution is -2.43. The third kappa shape index (κ3) is 3.24. The van der Waals surface area contributed by atoms with Crippen LogP contribution in [0.1, 0.15) is 33.3 Å². The van der Waals surface area contributed by atoms with E-state index in [1.165, 1.54) is 0 Å². The van der Waals surface area contributed by atoms with E-state index in [0.29, 0.717) is 5.57 Å². The number of ether oxygens (including phenoxy) is 2. The van der Waals surface area contributed by atoms with Crippen LogP contribution >= 0.6 is 0 Å². The van der Waals surface area contributed by atoms with E-state index in [1.807, 2.05) is 64.1 Å². The first-order chi connectivity index (χ1) is 8.88. The lowest BCUT2D eigenvalue weighted by atomic mass is 9.94.